The molecule has 1 aliphatic carbocycles. The van der Waals surface area contributed by atoms with Gasteiger partial charge in [0.05, 0.1) is 0 Å². The lowest BCUT2D eigenvalue weighted by molar-refractivity contribution is -0.135. The molecule has 0 aliphatic heterocycles. The first kappa shape index (κ1) is 17.0. The quantitative estimate of drug-likeness (QED) is 0.928. The van der Waals surface area contributed by atoms with Crippen molar-refractivity contribution in [3.8, 4) is 0 Å². The van der Waals surface area contributed by atoms with Crippen molar-refractivity contribution in [2.24, 2.45) is 11.7 Å². The van der Waals surface area contributed by atoms with E-state index in [1.807, 2.05) is 30.1 Å². The number of benzene rings is 1. The molecule has 3 nitrogen and oxygen atoms in total. The monoisotopic (exact) mass is 296 g/mol. The number of hydrogen-bond donors (Lipinski definition) is 1. The highest BCUT2D eigenvalue weighted by molar-refractivity contribution is 5.85. The minimum Gasteiger partial charge on any atom is -0.345 e. The lowest BCUT2D eigenvalue weighted by atomic mass is 9.85. The molecule has 1 amide bonds. The number of hydrogen-bond acceptors (Lipinski definition) is 2. The molecule has 0 aromatic heterocycles. The number of nitrogens with two attached hydrogens (primary N) is 1. The molecular formula is C16H25ClN2O. The molecule has 1 aromatic rings. The highest BCUT2D eigenvalue weighted by atomic mass is 35.5. The SMILES string of the molecule is CN(CCc1ccccc1)C(=O)C1CCCC(N)C1.Cl. The molecule has 112 valence electrons. The summed E-state index contributed by atoms with van der Waals surface area (Å²) in [4.78, 5) is 14.2. The van der Waals surface area contributed by atoms with Crippen LogP contribution < -0.4 is 5.73 Å². The average molecular weight is 297 g/mol. The Morgan fingerprint density at radius 3 is 2.65 bits per heavy atom. The maximum Gasteiger partial charge on any atom is 0.225 e. The Kier molecular flexibility index (Phi) is 7.03. The van der Waals surface area contributed by atoms with E-state index in [0.29, 0.717) is 0 Å². The first-order valence-corrected chi connectivity index (χ1v) is 7.21. The molecule has 2 N–H and O–H groups in total. The van der Waals surface area contributed by atoms with Gasteiger partial charge in [0.1, 0.15) is 0 Å². The Balaban J connectivity index is 0.00000200. The second-order valence-corrected chi connectivity index (χ2v) is 5.62. The van der Waals surface area contributed by atoms with Gasteiger partial charge < -0.3 is 10.6 Å². The molecule has 0 saturated heterocycles. The fourth-order valence-electron chi connectivity index (χ4n) is 2.82. The Morgan fingerprint density at radius 2 is 2.00 bits per heavy atom. The minimum absolute atomic E-state index is 0. The summed E-state index contributed by atoms with van der Waals surface area (Å²) in [6.07, 6.45) is 4.93. The van der Waals surface area contributed by atoms with E-state index < -0.39 is 0 Å². The smallest absolute Gasteiger partial charge is 0.225 e. The maximum atomic E-state index is 12.3. The van der Waals surface area contributed by atoms with Gasteiger partial charge in [-0.3, -0.25) is 4.79 Å². The van der Waals surface area contributed by atoms with Crippen molar-refractivity contribution in [2.75, 3.05) is 13.6 Å². The molecule has 2 unspecified atom stereocenters. The Hall–Kier alpha value is -1.06. The van der Waals surface area contributed by atoms with E-state index >= 15 is 0 Å². The molecule has 1 aliphatic rings. The molecule has 2 rings (SSSR count). The second-order valence-electron chi connectivity index (χ2n) is 5.62. The van der Waals surface area contributed by atoms with Gasteiger partial charge in [-0.1, -0.05) is 36.8 Å². The van der Waals surface area contributed by atoms with Gasteiger partial charge in [0, 0.05) is 25.6 Å². The van der Waals surface area contributed by atoms with Crippen molar-refractivity contribution in [2.45, 2.75) is 38.1 Å². The van der Waals surface area contributed by atoms with Crippen LogP contribution in [-0.4, -0.2) is 30.4 Å². The van der Waals surface area contributed by atoms with E-state index in [0.717, 1.165) is 38.6 Å². The zero-order valence-corrected chi connectivity index (χ0v) is 12.9. The summed E-state index contributed by atoms with van der Waals surface area (Å²) in [6, 6.07) is 10.5. The lowest BCUT2D eigenvalue weighted by Crippen LogP contribution is -2.39. The van der Waals surface area contributed by atoms with Crippen molar-refractivity contribution in [3.05, 3.63) is 35.9 Å². The van der Waals surface area contributed by atoms with Gasteiger partial charge in [-0.2, -0.15) is 0 Å². The number of amides is 1. The van der Waals surface area contributed by atoms with Crippen LogP contribution in [0.2, 0.25) is 0 Å². The summed E-state index contributed by atoms with van der Waals surface area (Å²) in [6.45, 7) is 0.786. The molecule has 1 aromatic carbocycles. The highest BCUT2D eigenvalue weighted by Crippen LogP contribution is 2.24. The molecule has 1 saturated carbocycles. The Bertz CT molecular complexity index is 410. The summed E-state index contributed by atoms with van der Waals surface area (Å²) < 4.78 is 0. The molecule has 20 heavy (non-hydrogen) atoms. The molecule has 4 heteroatoms. The molecule has 0 bridgehead atoms. The van der Waals surface area contributed by atoms with Crippen molar-refractivity contribution < 1.29 is 4.79 Å². The van der Waals surface area contributed by atoms with E-state index in [1.54, 1.807) is 0 Å². The molecule has 0 heterocycles. The predicted molar refractivity (Wildman–Crippen MR) is 85.0 cm³/mol. The molecule has 0 spiro atoms. The number of rotatable bonds is 4. The van der Waals surface area contributed by atoms with Crippen molar-refractivity contribution in [1.29, 1.82) is 0 Å². The number of nitrogens with zero attached hydrogens (tertiary/aromatic N) is 1. The second kappa shape index (κ2) is 8.28. The molecule has 1 fully saturated rings. The van der Waals surface area contributed by atoms with Crippen molar-refractivity contribution in [3.63, 3.8) is 0 Å². The van der Waals surface area contributed by atoms with Gasteiger partial charge in [-0.25, -0.2) is 0 Å². The van der Waals surface area contributed by atoms with Crippen LogP contribution in [0.5, 0.6) is 0 Å². The van der Waals surface area contributed by atoms with Gasteiger partial charge >= 0.3 is 0 Å². The zero-order valence-electron chi connectivity index (χ0n) is 12.1. The normalized spacial score (nSPS) is 21.9. The van der Waals surface area contributed by atoms with Crippen LogP contribution in [0.3, 0.4) is 0 Å². The van der Waals surface area contributed by atoms with E-state index in [9.17, 15) is 4.79 Å². The highest BCUT2D eigenvalue weighted by Gasteiger charge is 2.27. The van der Waals surface area contributed by atoms with Crippen LogP contribution in [0.25, 0.3) is 0 Å². The van der Waals surface area contributed by atoms with Crippen molar-refractivity contribution in [1.82, 2.24) is 4.90 Å². The largest absolute Gasteiger partial charge is 0.345 e. The Labute approximate surface area is 127 Å². The minimum atomic E-state index is 0. The van der Waals surface area contributed by atoms with Crippen LogP contribution >= 0.6 is 12.4 Å². The van der Waals surface area contributed by atoms with Crippen LogP contribution in [0, 0.1) is 5.92 Å². The lowest BCUT2D eigenvalue weighted by Gasteiger charge is -2.29. The summed E-state index contributed by atoms with van der Waals surface area (Å²) in [5.74, 6) is 0.413. The molecule has 0 radical (unpaired) electrons. The number of halogens is 1. The van der Waals surface area contributed by atoms with Gasteiger partial charge in [-0.15, -0.1) is 12.4 Å². The maximum absolute atomic E-state index is 12.3. The average Bonchev–Trinajstić information content (AvgIpc) is 2.45. The van der Waals surface area contributed by atoms with Crippen LogP contribution in [0.15, 0.2) is 30.3 Å². The first-order chi connectivity index (χ1) is 9.16. The first-order valence-electron chi connectivity index (χ1n) is 7.21. The standard InChI is InChI=1S/C16H24N2O.ClH/c1-18(11-10-13-6-3-2-4-7-13)16(19)14-8-5-9-15(17)12-14;/h2-4,6-7,14-15H,5,8-12,17H2,1H3;1H. The van der Waals surface area contributed by atoms with Gasteiger partial charge in [-0.05, 0) is 31.2 Å². The van der Waals surface area contributed by atoms with Gasteiger partial charge in [0.15, 0.2) is 0 Å². The number of carbonyl (C=O) groups excluding carboxylic acids is 1. The van der Waals surface area contributed by atoms with E-state index in [2.05, 4.69) is 12.1 Å². The topological polar surface area (TPSA) is 46.3 Å². The van der Waals surface area contributed by atoms with E-state index in [4.69, 9.17) is 5.73 Å². The van der Waals surface area contributed by atoms with Crippen LogP contribution in [0.1, 0.15) is 31.2 Å². The molecule has 2 atom stereocenters. The molecular weight excluding hydrogens is 272 g/mol. The third-order valence-corrected chi connectivity index (χ3v) is 4.02. The number of carbonyl (C=O) groups is 1. The van der Waals surface area contributed by atoms with Gasteiger partial charge in [0.2, 0.25) is 5.91 Å². The summed E-state index contributed by atoms with van der Waals surface area (Å²) in [5, 5.41) is 0. The van der Waals surface area contributed by atoms with Crippen molar-refractivity contribution >= 4 is 18.3 Å². The third kappa shape index (κ3) is 4.80. The van der Waals surface area contributed by atoms with E-state index in [-0.39, 0.29) is 30.3 Å². The fourth-order valence-corrected chi connectivity index (χ4v) is 2.82. The zero-order chi connectivity index (χ0) is 13.7. The third-order valence-electron chi connectivity index (χ3n) is 4.02. The Morgan fingerprint density at radius 1 is 1.30 bits per heavy atom. The summed E-state index contributed by atoms with van der Waals surface area (Å²) >= 11 is 0. The van der Waals surface area contributed by atoms with Crippen LogP contribution in [-0.2, 0) is 11.2 Å². The van der Waals surface area contributed by atoms with E-state index in [1.165, 1.54) is 5.56 Å². The number of likely N-dealkylation sites (N-methyl/N-ethyl adjacent to an activating group) is 1. The van der Waals surface area contributed by atoms with Crippen LogP contribution in [0.4, 0.5) is 0 Å². The summed E-state index contributed by atoms with van der Waals surface area (Å²) in [5.41, 5.74) is 7.24. The summed E-state index contributed by atoms with van der Waals surface area (Å²) in [7, 11) is 1.91. The fraction of sp³-hybridized carbons (Fsp3) is 0.562. The predicted octanol–water partition coefficient (Wildman–Crippen LogP) is 2.63. The van der Waals surface area contributed by atoms with Gasteiger partial charge in [0.25, 0.3) is 0 Å².